The number of anilines is 1. The van der Waals surface area contributed by atoms with E-state index >= 15 is 0 Å². The molecule has 29 heavy (non-hydrogen) atoms. The summed E-state index contributed by atoms with van der Waals surface area (Å²) in [6.07, 6.45) is 0. The van der Waals surface area contributed by atoms with Crippen LogP contribution in [0.5, 0.6) is 0 Å². The zero-order valence-corrected chi connectivity index (χ0v) is 16.3. The number of carboxylic acids is 1. The predicted molar refractivity (Wildman–Crippen MR) is 107 cm³/mol. The van der Waals surface area contributed by atoms with Crippen molar-refractivity contribution in [3.05, 3.63) is 63.6 Å². The van der Waals surface area contributed by atoms with Crippen molar-refractivity contribution in [2.75, 3.05) is 18.5 Å². The van der Waals surface area contributed by atoms with Crippen LogP contribution in [0.1, 0.15) is 20.7 Å². The molecule has 3 amide bonds. The Hall–Kier alpha value is -3.30. The molecular weight excluding hydrogens is 423 g/mol. The Morgan fingerprint density at radius 1 is 0.897 bits per heavy atom. The van der Waals surface area contributed by atoms with E-state index in [4.69, 9.17) is 28.3 Å². The number of benzene rings is 2. The third-order valence-electron chi connectivity index (χ3n) is 3.49. The van der Waals surface area contributed by atoms with Gasteiger partial charge in [0.05, 0.1) is 34.9 Å². The number of aromatic carboxylic acids is 1. The molecule has 0 aromatic heterocycles. The van der Waals surface area contributed by atoms with Gasteiger partial charge in [-0.15, -0.1) is 0 Å². The van der Waals surface area contributed by atoms with Crippen molar-refractivity contribution in [3.63, 3.8) is 0 Å². The molecule has 0 aliphatic heterocycles. The third kappa shape index (κ3) is 6.98. The summed E-state index contributed by atoms with van der Waals surface area (Å²) in [5.74, 6) is -2.84. The molecule has 0 heterocycles. The summed E-state index contributed by atoms with van der Waals surface area (Å²) < 4.78 is 0. The summed E-state index contributed by atoms with van der Waals surface area (Å²) in [4.78, 5) is 46.4. The minimum Gasteiger partial charge on any atom is -0.478 e. The first kappa shape index (κ1) is 22.0. The van der Waals surface area contributed by atoms with Gasteiger partial charge in [0.15, 0.2) is 0 Å². The molecule has 2 aromatic rings. The van der Waals surface area contributed by atoms with Crippen molar-refractivity contribution in [2.24, 2.45) is 0 Å². The van der Waals surface area contributed by atoms with Gasteiger partial charge in [-0.05, 0) is 36.4 Å². The largest absolute Gasteiger partial charge is 0.478 e. The van der Waals surface area contributed by atoms with E-state index in [-0.39, 0.29) is 29.2 Å². The fraction of sp³-hybridized carbons (Fsp3) is 0.111. The van der Waals surface area contributed by atoms with Crippen LogP contribution in [-0.4, -0.2) is 41.9 Å². The van der Waals surface area contributed by atoms with E-state index in [0.29, 0.717) is 10.7 Å². The van der Waals surface area contributed by atoms with Crippen molar-refractivity contribution in [1.82, 2.24) is 16.1 Å². The number of nitrogens with one attached hydrogen (secondary N) is 4. The zero-order chi connectivity index (χ0) is 21.4. The molecule has 0 saturated heterocycles. The minimum atomic E-state index is -1.10. The first-order valence-electron chi connectivity index (χ1n) is 8.14. The number of hydrogen-bond acceptors (Lipinski definition) is 5. The molecule has 152 valence electrons. The van der Waals surface area contributed by atoms with Gasteiger partial charge < -0.3 is 15.7 Å². The molecule has 2 aromatic carbocycles. The Morgan fingerprint density at radius 3 is 2.31 bits per heavy atom. The molecular formula is C18H16Cl2N4O5. The highest BCUT2D eigenvalue weighted by atomic mass is 35.5. The number of hydrazine groups is 1. The second-order valence-corrected chi connectivity index (χ2v) is 6.49. The summed E-state index contributed by atoms with van der Waals surface area (Å²) in [6.45, 7) is -0.721. The number of halogens is 2. The Labute approximate surface area is 175 Å². The van der Waals surface area contributed by atoms with Crippen LogP contribution in [-0.2, 0) is 9.59 Å². The highest BCUT2D eigenvalue weighted by Crippen LogP contribution is 2.20. The Bertz CT molecular complexity index is 952. The van der Waals surface area contributed by atoms with Crippen LogP contribution in [0.4, 0.5) is 5.69 Å². The monoisotopic (exact) mass is 438 g/mol. The molecule has 0 fully saturated rings. The van der Waals surface area contributed by atoms with E-state index in [0.717, 1.165) is 0 Å². The zero-order valence-electron chi connectivity index (χ0n) is 14.8. The lowest BCUT2D eigenvalue weighted by Crippen LogP contribution is -2.43. The van der Waals surface area contributed by atoms with Crippen LogP contribution in [0.2, 0.25) is 10.0 Å². The number of carboxylic acid groups (broad SMARTS) is 1. The van der Waals surface area contributed by atoms with E-state index in [1.807, 2.05) is 0 Å². The van der Waals surface area contributed by atoms with Gasteiger partial charge in [0, 0.05) is 5.02 Å². The smallest absolute Gasteiger partial charge is 0.335 e. The standard InChI is InChI=1S/C18H16Cl2N4O5/c19-11-4-5-13(14(20)7-11)17(27)22-8-15(25)21-9-16(26)24-23-12-3-1-2-10(6-12)18(28)29/h1-7,23H,8-9H2,(H,21,25)(H,22,27)(H,24,26)(H,28,29). The molecule has 11 heteroatoms. The second-order valence-electron chi connectivity index (χ2n) is 5.64. The second kappa shape index (κ2) is 10.3. The van der Waals surface area contributed by atoms with Crippen molar-refractivity contribution < 1.29 is 24.3 Å². The van der Waals surface area contributed by atoms with Crippen molar-refractivity contribution >= 4 is 52.6 Å². The van der Waals surface area contributed by atoms with Gasteiger partial charge in [0.25, 0.3) is 11.8 Å². The molecule has 9 nitrogen and oxygen atoms in total. The predicted octanol–water partition coefficient (Wildman–Crippen LogP) is 1.68. The molecule has 2 rings (SSSR count). The topological polar surface area (TPSA) is 137 Å². The van der Waals surface area contributed by atoms with E-state index in [1.54, 1.807) is 6.07 Å². The van der Waals surface area contributed by atoms with Gasteiger partial charge in [0.2, 0.25) is 5.91 Å². The maximum absolute atomic E-state index is 12.0. The van der Waals surface area contributed by atoms with Crippen LogP contribution in [0.15, 0.2) is 42.5 Å². The fourth-order valence-electron chi connectivity index (χ4n) is 2.09. The van der Waals surface area contributed by atoms with Gasteiger partial charge in [-0.3, -0.25) is 25.2 Å². The normalized spacial score (nSPS) is 10.0. The first-order valence-corrected chi connectivity index (χ1v) is 8.90. The third-order valence-corrected chi connectivity index (χ3v) is 4.03. The molecule has 0 aliphatic carbocycles. The molecule has 0 radical (unpaired) electrons. The molecule has 5 N–H and O–H groups in total. The number of hydrogen-bond donors (Lipinski definition) is 5. The van der Waals surface area contributed by atoms with E-state index in [1.165, 1.54) is 36.4 Å². The fourth-order valence-corrected chi connectivity index (χ4v) is 2.58. The van der Waals surface area contributed by atoms with Crippen LogP contribution in [0.25, 0.3) is 0 Å². The summed E-state index contributed by atoms with van der Waals surface area (Å²) in [5.41, 5.74) is 5.42. The van der Waals surface area contributed by atoms with Gasteiger partial charge in [-0.1, -0.05) is 29.3 Å². The Balaban J connectivity index is 1.73. The average molecular weight is 439 g/mol. The lowest BCUT2D eigenvalue weighted by molar-refractivity contribution is -0.125. The van der Waals surface area contributed by atoms with Gasteiger partial charge in [-0.2, -0.15) is 0 Å². The molecule has 0 spiro atoms. The van der Waals surface area contributed by atoms with Crippen molar-refractivity contribution in [2.45, 2.75) is 0 Å². The van der Waals surface area contributed by atoms with E-state index in [9.17, 15) is 19.2 Å². The van der Waals surface area contributed by atoms with Crippen LogP contribution in [0, 0.1) is 0 Å². The number of rotatable bonds is 8. The molecule has 0 saturated carbocycles. The Kier molecular flexibility index (Phi) is 7.81. The molecule has 0 unspecified atom stereocenters. The van der Waals surface area contributed by atoms with E-state index < -0.39 is 23.7 Å². The maximum Gasteiger partial charge on any atom is 0.335 e. The molecule has 0 atom stereocenters. The number of carbonyl (C=O) groups excluding carboxylic acids is 3. The van der Waals surface area contributed by atoms with Crippen molar-refractivity contribution in [1.29, 1.82) is 0 Å². The van der Waals surface area contributed by atoms with Crippen LogP contribution in [0.3, 0.4) is 0 Å². The Morgan fingerprint density at radius 2 is 1.62 bits per heavy atom. The quantitative estimate of drug-likeness (QED) is 0.397. The highest BCUT2D eigenvalue weighted by Gasteiger charge is 2.12. The maximum atomic E-state index is 12.0. The van der Waals surface area contributed by atoms with Gasteiger partial charge in [-0.25, -0.2) is 4.79 Å². The molecule has 0 bridgehead atoms. The highest BCUT2D eigenvalue weighted by molar-refractivity contribution is 6.36. The summed E-state index contributed by atoms with van der Waals surface area (Å²) >= 11 is 11.7. The van der Waals surface area contributed by atoms with Gasteiger partial charge >= 0.3 is 5.97 Å². The number of amides is 3. The lowest BCUT2D eigenvalue weighted by atomic mass is 10.2. The van der Waals surface area contributed by atoms with E-state index in [2.05, 4.69) is 21.5 Å². The van der Waals surface area contributed by atoms with Crippen LogP contribution < -0.4 is 21.5 Å². The summed E-state index contributed by atoms with van der Waals surface area (Å²) in [6, 6.07) is 10.1. The SMILES string of the molecule is O=C(CNC(=O)c1ccc(Cl)cc1Cl)NCC(=O)NNc1cccc(C(=O)O)c1. The minimum absolute atomic E-state index is 0.0501. The molecule has 0 aliphatic rings. The van der Waals surface area contributed by atoms with Crippen LogP contribution >= 0.6 is 23.2 Å². The van der Waals surface area contributed by atoms with Crippen molar-refractivity contribution in [3.8, 4) is 0 Å². The lowest BCUT2D eigenvalue weighted by Gasteiger charge is -2.10. The first-order chi connectivity index (χ1) is 13.8. The number of carbonyl (C=O) groups is 4. The van der Waals surface area contributed by atoms with Gasteiger partial charge in [0.1, 0.15) is 0 Å². The average Bonchev–Trinajstić information content (AvgIpc) is 2.69. The summed E-state index contributed by atoms with van der Waals surface area (Å²) in [5, 5.41) is 14.1. The summed E-state index contributed by atoms with van der Waals surface area (Å²) in [7, 11) is 0.